The van der Waals surface area contributed by atoms with Gasteiger partial charge in [0.15, 0.2) is 28.7 Å². The van der Waals surface area contributed by atoms with Crippen LogP contribution in [0.1, 0.15) is 20.7 Å². The van der Waals surface area contributed by atoms with Gasteiger partial charge in [0.25, 0.3) is 0 Å². The van der Waals surface area contributed by atoms with Crippen LogP contribution in [-0.2, 0) is 14.2 Å². The van der Waals surface area contributed by atoms with Gasteiger partial charge in [0.05, 0.1) is 18.2 Å². The summed E-state index contributed by atoms with van der Waals surface area (Å²) in [5.41, 5.74) is -0.427. The van der Waals surface area contributed by atoms with Crippen molar-refractivity contribution < 1.29 is 64.3 Å². The van der Waals surface area contributed by atoms with Crippen LogP contribution < -0.4 is 4.74 Å². The number of carbonyl (C=O) groups excluding carboxylic acids is 2. The third-order valence-electron chi connectivity index (χ3n) is 4.99. The number of benzene rings is 2. The van der Waals surface area contributed by atoms with Gasteiger partial charge in [-0.1, -0.05) is 0 Å². The fourth-order valence-electron chi connectivity index (χ4n) is 3.09. The van der Waals surface area contributed by atoms with E-state index >= 15 is 0 Å². The molecule has 0 spiro atoms. The van der Waals surface area contributed by atoms with E-state index in [1.54, 1.807) is 0 Å². The number of rotatable bonds is 6. The molecule has 7 N–H and O–H groups in total. The number of carbonyl (C=O) groups is 2. The quantitative estimate of drug-likeness (QED) is 0.201. The van der Waals surface area contributed by atoms with Crippen molar-refractivity contribution in [1.29, 1.82) is 0 Å². The zero-order valence-corrected chi connectivity index (χ0v) is 17.6. The lowest BCUT2D eigenvalue weighted by atomic mass is 9.99. The van der Waals surface area contributed by atoms with Crippen molar-refractivity contribution in [3.8, 4) is 28.7 Å². The highest BCUT2D eigenvalue weighted by Gasteiger charge is 2.46. The van der Waals surface area contributed by atoms with Crippen LogP contribution in [0.2, 0.25) is 0 Å². The van der Waals surface area contributed by atoms with Crippen LogP contribution in [0.3, 0.4) is 0 Å². The average Bonchev–Trinajstić information content (AvgIpc) is 2.81. The minimum atomic E-state index is -1.90. The molecule has 1 heterocycles. The highest BCUT2D eigenvalue weighted by atomic mass is 16.7. The maximum Gasteiger partial charge on any atom is 0.340 e. The van der Waals surface area contributed by atoms with Crippen LogP contribution in [0.4, 0.5) is 0 Å². The van der Waals surface area contributed by atoms with Crippen molar-refractivity contribution >= 4 is 11.9 Å². The Labute approximate surface area is 191 Å². The van der Waals surface area contributed by atoms with Gasteiger partial charge in [-0.2, -0.15) is 0 Å². The van der Waals surface area contributed by atoms with E-state index in [1.165, 1.54) is 25.3 Å². The summed E-state index contributed by atoms with van der Waals surface area (Å²) in [5, 5.41) is 68.4. The monoisotopic (exact) mass is 482 g/mol. The number of ether oxygens (including phenoxy) is 4. The van der Waals surface area contributed by atoms with Crippen LogP contribution in [0.15, 0.2) is 30.3 Å². The molecule has 1 fully saturated rings. The van der Waals surface area contributed by atoms with E-state index < -0.39 is 72.1 Å². The third-order valence-corrected chi connectivity index (χ3v) is 4.99. The number of hydrogen-bond donors (Lipinski definition) is 7. The predicted molar refractivity (Wildman–Crippen MR) is 108 cm³/mol. The van der Waals surface area contributed by atoms with E-state index in [0.717, 1.165) is 12.1 Å². The lowest BCUT2D eigenvalue weighted by Crippen LogP contribution is -2.59. The van der Waals surface area contributed by atoms with Crippen molar-refractivity contribution in [2.45, 2.75) is 30.7 Å². The van der Waals surface area contributed by atoms with Crippen LogP contribution in [0.5, 0.6) is 28.7 Å². The summed E-state index contributed by atoms with van der Waals surface area (Å²) in [6, 6.07) is 5.23. The maximum absolute atomic E-state index is 12.3. The van der Waals surface area contributed by atoms with Gasteiger partial charge in [-0.3, -0.25) is 0 Å². The van der Waals surface area contributed by atoms with E-state index in [4.69, 9.17) is 18.9 Å². The first-order valence-electron chi connectivity index (χ1n) is 9.73. The minimum Gasteiger partial charge on any atom is -0.504 e. The first kappa shape index (κ1) is 24.9. The Balaban J connectivity index is 1.68. The Kier molecular flexibility index (Phi) is 7.32. The molecule has 1 aliphatic rings. The predicted octanol–water partition coefficient (Wildman–Crippen LogP) is -0.661. The molecule has 0 saturated carbocycles. The van der Waals surface area contributed by atoms with Gasteiger partial charge >= 0.3 is 11.9 Å². The first-order chi connectivity index (χ1) is 16.0. The van der Waals surface area contributed by atoms with Crippen molar-refractivity contribution in [3.05, 3.63) is 41.5 Å². The fraction of sp³-hybridized carbons (Fsp3) is 0.333. The summed E-state index contributed by atoms with van der Waals surface area (Å²) < 4.78 is 20.2. The Morgan fingerprint density at radius 2 is 1.50 bits per heavy atom. The molecule has 184 valence electrons. The van der Waals surface area contributed by atoms with E-state index in [9.17, 15) is 45.3 Å². The molecule has 0 aromatic heterocycles. The smallest absolute Gasteiger partial charge is 0.340 e. The van der Waals surface area contributed by atoms with Crippen LogP contribution in [0.25, 0.3) is 0 Å². The number of aliphatic hydroxyl groups excluding tert-OH is 3. The van der Waals surface area contributed by atoms with Gasteiger partial charge in [0.1, 0.15) is 31.0 Å². The Bertz CT molecular complexity index is 1050. The third kappa shape index (κ3) is 5.07. The van der Waals surface area contributed by atoms with Crippen LogP contribution in [-0.4, -0.2) is 92.1 Å². The second-order valence-corrected chi connectivity index (χ2v) is 7.27. The van der Waals surface area contributed by atoms with Gasteiger partial charge in [0, 0.05) is 0 Å². The maximum atomic E-state index is 12.3. The summed E-state index contributed by atoms with van der Waals surface area (Å²) in [6.07, 6.45) is -8.74. The van der Waals surface area contributed by atoms with E-state index in [0.29, 0.717) is 0 Å². The van der Waals surface area contributed by atoms with Gasteiger partial charge in [-0.05, 0) is 30.3 Å². The molecule has 34 heavy (non-hydrogen) atoms. The lowest BCUT2D eigenvalue weighted by Gasteiger charge is -2.39. The van der Waals surface area contributed by atoms with Gasteiger partial charge in [-0.25, -0.2) is 9.59 Å². The van der Waals surface area contributed by atoms with Crippen molar-refractivity contribution in [1.82, 2.24) is 0 Å². The fourth-order valence-corrected chi connectivity index (χ4v) is 3.09. The molecule has 13 heteroatoms. The zero-order chi connectivity index (χ0) is 25.2. The van der Waals surface area contributed by atoms with Crippen molar-refractivity contribution in [3.63, 3.8) is 0 Å². The van der Waals surface area contributed by atoms with E-state index in [2.05, 4.69) is 0 Å². The summed E-state index contributed by atoms with van der Waals surface area (Å²) in [4.78, 5) is 24.6. The van der Waals surface area contributed by atoms with Gasteiger partial charge < -0.3 is 54.7 Å². The highest BCUT2D eigenvalue weighted by molar-refractivity contribution is 5.91. The molecule has 1 aliphatic heterocycles. The SMILES string of the molecule is COc1cc(C(=O)OC[C@H]2O[C@@H](OC(=O)c3cc(O)c(O)c(O)c3)[C@H](O)[C@@H](O)[C@@H]2O)ccc1O. The number of phenols is 4. The van der Waals surface area contributed by atoms with Crippen molar-refractivity contribution in [2.75, 3.05) is 13.7 Å². The van der Waals surface area contributed by atoms with E-state index in [-0.39, 0.29) is 17.1 Å². The Morgan fingerprint density at radius 3 is 2.12 bits per heavy atom. The van der Waals surface area contributed by atoms with Crippen LogP contribution >= 0.6 is 0 Å². The lowest BCUT2D eigenvalue weighted by molar-refractivity contribution is -0.285. The molecule has 0 aliphatic carbocycles. The molecule has 3 rings (SSSR count). The van der Waals surface area contributed by atoms with Crippen molar-refractivity contribution in [2.24, 2.45) is 0 Å². The van der Waals surface area contributed by atoms with Gasteiger partial charge in [-0.15, -0.1) is 0 Å². The molecule has 0 bridgehead atoms. The second-order valence-electron chi connectivity index (χ2n) is 7.27. The molecule has 2 aromatic carbocycles. The zero-order valence-electron chi connectivity index (χ0n) is 17.6. The summed E-state index contributed by atoms with van der Waals surface area (Å²) in [5.74, 6) is -4.80. The molecule has 2 aromatic rings. The summed E-state index contributed by atoms with van der Waals surface area (Å²) >= 11 is 0. The largest absolute Gasteiger partial charge is 0.504 e. The molecule has 13 nitrogen and oxygen atoms in total. The number of aliphatic hydroxyl groups is 3. The minimum absolute atomic E-state index is 0.00421. The molecule has 0 unspecified atom stereocenters. The average molecular weight is 482 g/mol. The Hall–Kier alpha value is -3.78. The normalized spacial score (nSPS) is 24.3. The molecular formula is C21H22O13. The molecule has 0 amide bonds. The number of esters is 2. The van der Waals surface area contributed by atoms with E-state index in [1.807, 2.05) is 0 Å². The topological polar surface area (TPSA) is 213 Å². The number of phenolic OH excluding ortho intramolecular Hbond substituents is 4. The van der Waals surface area contributed by atoms with Gasteiger partial charge in [0.2, 0.25) is 6.29 Å². The van der Waals surface area contributed by atoms with Crippen LogP contribution in [0, 0.1) is 0 Å². The number of aromatic hydroxyl groups is 4. The highest BCUT2D eigenvalue weighted by Crippen LogP contribution is 2.36. The summed E-state index contributed by atoms with van der Waals surface area (Å²) in [7, 11) is 1.28. The Morgan fingerprint density at radius 1 is 0.853 bits per heavy atom. The molecule has 0 radical (unpaired) electrons. The second kappa shape index (κ2) is 10.0. The standard InChI is InChI=1S/C21H22O13/c1-31-13-6-8(2-3-10(13)22)19(29)32-7-14-16(26)17(27)18(28)21(33-14)34-20(30)9-4-11(23)15(25)12(24)5-9/h2-6,14,16-18,21-28H,7H2,1H3/t14-,16-,17+,18-,21+/m1/s1. The first-order valence-corrected chi connectivity index (χ1v) is 9.73. The molecule has 5 atom stereocenters. The number of hydrogen-bond acceptors (Lipinski definition) is 13. The summed E-state index contributed by atoms with van der Waals surface area (Å²) in [6.45, 7) is -0.623. The molecular weight excluding hydrogens is 460 g/mol. The number of methoxy groups -OCH3 is 1. The molecule has 1 saturated heterocycles.